The fourth-order valence-corrected chi connectivity index (χ4v) is 6.16. The van der Waals surface area contributed by atoms with Crippen LogP contribution in [0.1, 0.15) is 22.8 Å². The van der Waals surface area contributed by atoms with E-state index in [4.69, 9.17) is 17.0 Å². The zero-order chi connectivity index (χ0) is 25.1. The van der Waals surface area contributed by atoms with E-state index in [1.54, 1.807) is 12.4 Å². The van der Waals surface area contributed by atoms with Crippen molar-refractivity contribution in [3.8, 4) is 0 Å². The number of pyridine rings is 1. The molecule has 1 amide bonds. The quantitative estimate of drug-likeness (QED) is 0.280. The fraction of sp³-hybridized carbons (Fsp3) is 0.259. The predicted molar refractivity (Wildman–Crippen MR) is 141 cm³/mol. The Kier molecular flexibility index (Phi) is 7.31. The zero-order valence-corrected chi connectivity index (χ0v) is 20.9. The van der Waals surface area contributed by atoms with Gasteiger partial charge in [0.2, 0.25) is 5.91 Å². The second-order valence-corrected chi connectivity index (χ2v) is 10.3. The Bertz CT molecular complexity index is 1190. The largest absolute Gasteiger partial charge is 0.451 e. The maximum Gasteiger partial charge on any atom is 0.332 e. The Morgan fingerprint density at radius 3 is 2.31 bits per heavy atom. The second-order valence-electron chi connectivity index (χ2n) is 8.70. The molecule has 0 bridgehead atoms. The predicted octanol–water partition coefficient (Wildman–Crippen LogP) is 2.89. The Morgan fingerprint density at radius 2 is 1.69 bits per heavy atom. The number of nitrogens with one attached hydrogen (secondary N) is 1. The molecule has 2 aliphatic rings. The first-order valence-corrected chi connectivity index (χ1v) is 13.1. The van der Waals surface area contributed by atoms with Crippen LogP contribution in [0.25, 0.3) is 0 Å². The SMILES string of the molecule is O=C(OC(c1ccccc1)c1ccccc1)[C@H]1C(O)CS[C@@H]2[C@H](NC(=S)Cc3ccncc3)C(=O)N21. The van der Waals surface area contributed by atoms with E-state index in [1.807, 2.05) is 72.8 Å². The molecule has 0 radical (unpaired) electrons. The van der Waals surface area contributed by atoms with Crippen molar-refractivity contribution >= 4 is 40.8 Å². The average Bonchev–Trinajstić information content (AvgIpc) is 2.91. The van der Waals surface area contributed by atoms with Crippen LogP contribution in [0.2, 0.25) is 0 Å². The first-order chi connectivity index (χ1) is 17.5. The number of thiocarbonyl (C=S) groups is 1. The summed E-state index contributed by atoms with van der Waals surface area (Å²) in [5.74, 6) is -0.594. The number of aliphatic hydroxyl groups is 1. The number of β-lactam (4-membered cyclic amide) rings is 1. The van der Waals surface area contributed by atoms with E-state index in [0.717, 1.165) is 16.7 Å². The van der Waals surface area contributed by atoms with Gasteiger partial charge in [-0.05, 0) is 28.8 Å². The lowest BCUT2D eigenvalue weighted by Crippen LogP contribution is -2.76. The minimum absolute atomic E-state index is 0.277. The second kappa shape index (κ2) is 10.8. The third-order valence-corrected chi connectivity index (χ3v) is 7.93. The molecule has 36 heavy (non-hydrogen) atoms. The number of ether oxygens (including phenoxy) is 1. The Hall–Kier alpha value is -3.27. The summed E-state index contributed by atoms with van der Waals surface area (Å²) < 4.78 is 5.97. The van der Waals surface area contributed by atoms with Crippen molar-refractivity contribution in [1.82, 2.24) is 15.2 Å². The fourth-order valence-electron chi connectivity index (χ4n) is 4.52. The Balaban J connectivity index is 1.30. The number of fused-ring (bicyclic) bond motifs is 1. The van der Waals surface area contributed by atoms with Gasteiger partial charge in [0.1, 0.15) is 11.4 Å². The molecule has 2 saturated heterocycles. The number of nitrogens with zero attached hydrogens (tertiary/aromatic N) is 2. The number of amides is 1. The third-order valence-electron chi connectivity index (χ3n) is 6.29. The van der Waals surface area contributed by atoms with Crippen molar-refractivity contribution in [3.63, 3.8) is 0 Å². The van der Waals surface area contributed by atoms with Gasteiger partial charge in [0.15, 0.2) is 12.1 Å². The summed E-state index contributed by atoms with van der Waals surface area (Å²) in [7, 11) is 0. The molecule has 5 rings (SSSR count). The van der Waals surface area contributed by atoms with E-state index in [9.17, 15) is 14.7 Å². The molecule has 1 unspecified atom stereocenters. The molecule has 7 nitrogen and oxygen atoms in total. The molecule has 2 fully saturated rings. The van der Waals surface area contributed by atoms with E-state index in [1.165, 1.54) is 16.7 Å². The zero-order valence-electron chi connectivity index (χ0n) is 19.3. The van der Waals surface area contributed by atoms with Crippen LogP contribution in [0.4, 0.5) is 0 Å². The maximum atomic E-state index is 13.4. The van der Waals surface area contributed by atoms with Gasteiger partial charge in [0, 0.05) is 24.6 Å². The molecule has 2 aromatic carbocycles. The van der Waals surface area contributed by atoms with Gasteiger partial charge in [-0.2, -0.15) is 0 Å². The minimum Gasteiger partial charge on any atom is -0.451 e. The molecule has 1 aromatic heterocycles. The van der Waals surface area contributed by atoms with Crippen molar-refractivity contribution in [1.29, 1.82) is 0 Å². The standard InChI is InChI=1S/C27H25N3O4S2/c31-20-16-36-26-22(29-21(35)15-17-11-13-28-14-12-17)25(32)30(26)23(20)27(33)34-24(18-7-3-1-4-8-18)19-9-5-2-6-10-19/h1-14,20,22-24,26,31H,15-16H2,(H,29,35)/t20?,22-,23-,26-/m1/s1. The van der Waals surface area contributed by atoms with Crippen LogP contribution < -0.4 is 5.32 Å². The number of carbonyl (C=O) groups is 2. The highest BCUT2D eigenvalue weighted by Crippen LogP contribution is 2.39. The summed E-state index contributed by atoms with van der Waals surface area (Å²) in [6, 6.07) is 21.0. The molecule has 0 spiro atoms. The highest BCUT2D eigenvalue weighted by Gasteiger charge is 2.58. The van der Waals surface area contributed by atoms with Gasteiger partial charge < -0.3 is 20.1 Å². The molecule has 9 heteroatoms. The van der Waals surface area contributed by atoms with Gasteiger partial charge in [0.25, 0.3) is 0 Å². The molecule has 0 saturated carbocycles. The molecule has 2 aliphatic heterocycles. The molecular weight excluding hydrogens is 494 g/mol. The summed E-state index contributed by atoms with van der Waals surface area (Å²) in [5, 5.41) is 13.6. The normalized spacial score (nSPS) is 22.9. The van der Waals surface area contributed by atoms with Crippen LogP contribution >= 0.6 is 24.0 Å². The van der Waals surface area contributed by atoms with Gasteiger partial charge in [-0.3, -0.25) is 9.78 Å². The molecule has 4 atom stereocenters. The Morgan fingerprint density at radius 1 is 1.08 bits per heavy atom. The summed E-state index contributed by atoms with van der Waals surface area (Å²) >= 11 is 6.91. The van der Waals surface area contributed by atoms with Crippen molar-refractivity contribution in [2.45, 2.75) is 36.1 Å². The molecule has 3 aromatic rings. The molecule has 2 N–H and O–H groups in total. The molecular formula is C27H25N3O4S2. The van der Waals surface area contributed by atoms with Crippen LogP contribution in [-0.4, -0.2) is 61.2 Å². The number of esters is 1. The number of rotatable bonds is 7. The van der Waals surface area contributed by atoms with Crippen molar-refractivity contribution in [2.24, 2.45) is 0 Å². The number of aromatic nitrogens is 1. The number of carbonyl (C=O) groups excluding carboxylic acids is 2. The average molecular weight is 520 g/mol. The smallest absolute Gasteiger partial charge is 0.332 e. The lowest BCUT2D eigenvalue weighted by atomic mass is 9.98. The van der Waals surface area contributed by atoms with Gasteiger partial charge in [0.05, 0.1) is 11.1 Å². The van der Waals surface area contributed by atoms with E-state index in [2.05, 4.69) is 10.3 Å². The van der Waals surface area contributed by atoms with E-state index in [-0.39, 0.29) is 11.3 Å². The highest BCUT2D eigenvalue weighted by atomic mass is 32.2. The van der Waals surface area contributed by atoms with Gasteiger partial charge in [-0.25, -0.2) is 4.79 Å². The van der Waals surface area contributed by atoms with Crippen LogP contribution in [0.15, 0.2) is 85.2 Å². The molecule has 0 aliphatic carbocycles. The monoisotopic (exact) mass is 519 g/mol. The molecule has 184 valence electrons. The number of hydrogen-bond donors (Lipinski definition) is 2. The van der Waals surface area contributed by atoms with Gasteiger partial charge >= 0.3 is 5.97 Å². The van der Waals surface area contributed by atoms with E-state index < -0.39 is 30.3 Å². The van der Waals surface area contributed by atoms with Crippen LogP contribution in [0.3, 0.4) is 0 Å². The summed E-state index contributed by atoms with van der Waals surface area (Å²) in [5.41, 5.74) is 2.61. The van der Waals surface area contributed by atoms with Crippen LogP contribution in [-0.2, 0) is 20.7 Å². The highest BCUT2D eigenvalue weighted by molar-refractivity contribution is 8.00. The number of hydrogen-bond acceptors (Lipinski definition) is 7. The topological polar surface area (TPSA) is 91.8 Å². The Labute approximate surface area is 218 Å². The van der Waals surface area contributed by atoms with Crippen LogP contribution in [0.5, 0.6) is 0 Å². The van der Waals surface area contributed by atoms with Crippen LogP contribution in [0, 0.1) is 0 Å². The van der Waals surface area contributed by atoms with Crippen molar-refractivity contribution < 1.29 is 19.4 Å². The van der Waals surface area contributed by atoms with Gasteiger partial charge in [-0.15, -0.1) is 11.8 Å². The number of thioether (sulfide) groups is 1. The summed E-state index contributed by atoms with van der Waals surface area (Å²) in [6.45, 7) is 0. The molecule has 3 heterocycles. The van der Waals surface area contributed by atoms with Crippen molar-refractivity contribution in [3.05, 3.63) is 102 Å². The summed E-state index contributed by atoms with van der Waals surface area (Å²) in [4.78, 5) is 32.5. The van der Waals surface area contributed by atoms with E-state index in [0.29, 0.717) is 17.2 Å². The summed E-state index contributed by atoms with van der Waals surface area (Å²) in [6.07, 6.45) is 2.20. The number of benzene rings is 2. The van der Waals surface area contributed by atoms with E-state index >= 15 is 0 Å². The van der Waals surface area contributed by atoms with Crippen molar-refractivity contribution in [2.75, 3.05) is 5.75 Å². The third kappa shape index (κ3) is 5.00. The lowest BCUT2D eigenvalue weighted by Gasteiger charge is -2.53. The first-order valence-electron chi connectivity index (χ1n) is 11.6. The maximum absolute atomic E-state index is 13.4. The first kappa shape index (κ1) is 24.4. The lowest BCUT2D eigenvalue weighted by molar-refractivity contribution is -0.172. The minimum atomic E-state index is -1.08. The number of aliphatic hydroxyl groups excluding tert-OH is 1. The van der Waals surface area contributed by atoms with Gasteiger partial charge in [-0.1, -0.05) is 72.9 Å².